The molecule has 1 saturated carbocycles. The van der Waals surface area contributed by atoms with Crippen molar-refractivity contribution in [2.24, 2.45) is 11.3 Å². The first-order valence-electron chi connectivity index (χ1n) is 7.40. The van der Waals surface area contributed by atoms with Crippen LogP contribution in [-0.2, 0) is 9.53 Å². The van der Waals surface area contributed by atoms with E-state index in [4.69, 9.17) is 4.74 Å². The summed E-state index contributed by atoms with van der Waals surface area (Å²) in [5.74, 6) is 0.223. The van der Waals surface area contributed by atoms with E-state index in [9.17, 15) is 9.90 Å². The summed E-state index contributed by atoms with van der Waals surface area (Å²) in [4.78, 5) is 14.1. The van der Waals surface area contributed by atoms with Gasteiger partial charge in [0.05, 0.1) is 18.1 Å². The van der Waals surface area contributed by atoms with Gasteiger partial charge in [-0.25, -0.2) is 0 Å². The number of nitrogens with zero attached hydrogens (tertiary/aromatic N) is 1. The van der Waals surface area contributed by atoms with Gasteiger partial charge in [-0.05, 0) is 33.1 Å². The third kappa shape index (κ3) is 3.11. The fourth-order valence-electron chi connectivity index (χ4n) is 3.68. The molecule has 0 aromatic heterocycles. The minimum atomic E-state index is -0.473. The highest BCUT2D eigenvalue weighted by Crippen LogP contribution is 2.40. The van der Waals surface area contributed by atoms with E-state index in [1.165, 1.54) is 13.5 Å². The highest BCUT2D eigenvalue weighted by atomic mass is 16.5. The molecule has 2 fully saturated rings. The Balaban J connectivity index is 1.96. The average Bonchev–Trinajstić information content (AvgIpc) is 2.37. The highest BCUT2D eigenvalue weighted by molar-refractivity contribution is 5.76. The smallest absolute Gasteiger partial charge is 0.312 e. The van der Waals surface area contributed by atoms with Crippen molar-refractivity contribution in [3.63, 3.8) is 0 Å². The van der Waals surface area contributed by atoms with Gasteiger partial charge in [-0.2, -0.15) is 0 Å². The maximum absolute atomic E-state index is 11.8. The zero-order valence-electron chi connectivity index (χ0n) is 12.4. The topological polar surface area (TPSA) is 49.8 Å². The summed E-state index contributed by atoms with van der Waals surface area (Å²) >= 11 is 0. The van der Waals surface area contributed by atoms with Crippen LogP contribution in [0.2, 0.25) is 0 Å². The Morgan fingerprint density at radius 2 is 2.16 bits per heavy atom. The third-order valence-corrected chi connectivity index (χ3v) is 4.87. The Morgan fingerprint density at radius 1 is 1.42 bits per heavy atom. The number of piperidine rings is 1. The van der Waals surface area contributed by atoms with E-state index >= 15 is 0 Å². The fourth-order valence-corrected chi connectivity index (χ4v) is 3.68. The lowest BCUT2D eigenvalue weighted by molar-refractivity contribution is -0.153. The van der Waals surface area contributed by atoms with Crippen molar-refractivity contribution >= 4 is 5.97 Å². The van der Waals surface area contributed by atoms with E-state index in [1.54, 1.807) is 0 Å². The number of ether oxygens (including phenoxy) is 1. The number of carbonyl (C=O) groups is 1. The molecular weight excluding hydrogens is 242 g/mol. The van der Waals surface area contributed by atoms with E-state index in [0.29, 0.717) is 12.5 Å². The zero-order valence-corrected chi connectivity index (χ0v) is 12.4. The highest BCUT2D eigenvalue weighted by Gasteiger charge is 2.44. The second-order valence-electron chi connectivity index (χ2n) is 6.91. The van der Waals surface area contributed by atoms with Crippen LogP contribution in [-0.4, -0.2) is 48.3 Å². The summed E-state index contributed by atoms with van der Waals surface area (Å²) in [6, 6.07) is 0. The number of hydrogen-bond acceptors (Lipinski definition) is 4. The Bertz CT molecular complexity index is 342. The molecule has 19 heavy (non-hydrogen) atoms. The van der Waals surface area contributed by atoms with Crippen molar-refractivity contribution in [1.82, 2.24) is 4.90 Å². The van der Waals surface area contributed by atoms with Crippen LogP contribution in [0.1, 0.15) is 46.0 Å². The van der Waals surface area contributed by atoms with Gasteiger partial charge in [0.2, 0.25) is 0 Å². The first-order valence-corrected chi connectivity index (χ1v) is 7.40. The minimum Gasteiger partial charge on any atom is -0.469 e. The third-order valence-electron chi connectivity index (χ3n) is 4.87. The summed E-state index contributed by atoms with van der Waals surface area (Å²) in [5, 5.41) is 10.6. The van der Waals surface area contributed by atoms with Crippen molar-refractivity contribution in [1.29, 1.82) is 0 Å². The van der Waals surface area contributed by atoms with Crippen LogP contribution in [0.15, 0.2) is 0 Å². The maximum Gasteiger partial charge on any atom is 0.312 e. The number of likely N-dealkylation sites (tertiary alicyclic amines) is 1. The van der Waals surface area contributed by atoms with Gasteiger partial charge in [0.15, 0.2) is 0 Å². The van der Waals surface area contributed by atoms with Crippen molar-refractivity contribution in [2.45, 2.75) is 51.6 Å². The molecule has 0 aromatic rings. The molecule has 2 atom stereocenters. The lowest BCUT2D eigenvalue weighted by Gasteiger charge is -2.48. The summed E-state index contributed by atoms with van der Waals surface area (Å²) in [5.41, 5.74) is -0.914. The summed E-state index contributed by atoms with van der Waals surface area (Å²) in [6.45, 7) is 6.37. The number of esters is 1. The van der Waals surface area contributed by atoms with Gasteiger partial charge in [0.25, 0.3) is 0 Å². The average molecular weight is 269 g/mol. The molecule has 0 bridgehead atoms. The molecule has 1 aliphatic carbocycles. The van der Waals surface area contributed by atoms with Gasteiger partial charge < -0.3 is 14.7 Å². The van der Waals surface area contributed by atoms with Gasteiger partial charge in [-0.3, -0.25) is 4.79 Å². The van der Waals surface area contributed by atoms with Crippen LogP contribution in [0.3, 0.4) is 0 Å². The van der Waals surface area contributed by atoms with Crippen molar-refractivity contribution in [2.75, 3.05) is 26.7 Å². The Labute approximate surface area is 116 Å². The summed E-state index contributed by atoms with van der Waals surface area (Å²) < 4.78 is 4.87. The number of methoxy groups -OCH3 is 1. The summed E-state index contributed by atoms with van der Waals surface area (Å²) in [7, 11) is 1.44. The van der Waals surface area contributed by atoms with Crippen molar-refractivity contribution < 1.29 is 14.6 Å². The molecule has 1 saturated heterocycles. The molecule has 0 aromatic carbocycles. The van der Waals surface area contributed by atoms with Gasteiger partial charge in [0, 0.05) is 25.6 Å². The second kappa shape index (κ2) is 5.41. The monoisotopic (exact) mass is 269 g/mol. The molecule has 2 aliphatic rings. The van der Waals surface area contributed by atoms with Crippen LogP contribution >= 0.6 is 0 Å². The molecule has 1 heterocycles. The lowest BCUT2D eigenvalue weighted by Crippen LogP contribution is -2.55. The van der Waals surface area contributed by atoms with Crippen LogP contribution in [0.25, 0.3) is 0 Å². The maximum atomic E-state index is 11.8. The molecule has 0 radical (unpaired) electrons. The minimum absolute atomic E-state index is 0.156. The van der Waals surface area contributed by atoms with Crippen LogP contribution in [0.4, 0.5) is 0 Å². The predicted molar refractivity (Wildman–Crippen MR) is 73.8 cm³/mol. The van der Waals surface area contributed by atoms with Crippen LogP contribution in [0, 0.1) is 11.3 Å². The number of aliphatic hydroxyl groups is 1. The van der Waals surface area contributed by atoms with E-state index in [2.05, 4.69) is 4.90 Å². The number of rotatable bonds is 3. The molecule has 4 heteroatoms. The van der Waals surface area contributed by atoms with Crippen molar-refractivity contribution in [3.8, 4) is 0 Å². The lowest BCUT2D eigenvalue weighted by atomic mass is 9.71. The predicted octanol–water partition coefficient (Wildman–Crippen LogP) is 1.81. The van der Waals surface area contributed by atoms with E-state index in [1.807, 2.05) is 13.8 Å². The SMILES string of the molecule is COC(=O)C(C)(C)CN1CCC2(O)CCCCC2C1. The van der Waals surface area contributed by atoms with E-state index in [0.717, 1.165) is 38.8 Å². The fraction of sp³-hybridized carbons (Fsp3) is 0.933. The number of carbonyl (C=O) groups excluding carboxylic acids is 1. The van der Waals surface area contributed by atoms with Gasteiger partial charge in [0.1, 0.15) is 0 Å². The molecule has 2 unspecified atom stereocenters. The molecular formula is C15H27NO3. The summed E-state index contributed by atoms with van der Waals surface area (Å²) in [6.07, 6.45) is 5.29. The normalized spacial score (nSPS) is 32.7. The van der Waals surface area contributed by atoms with E-state index in [-0.39, 0.29) is 5.97 Å². The molecule has 4 nitrogen and oxygen atoms in total. The number of fused-ring (bicyclic) bond motifs is 1. The van der Waals surface area contributed by atoms with Crippen molar-refractivity contribution in [3.05, 3.63) is 0 Å². The Kier molecular flexibility index (Phi) is 4.21. The Hall–Kier alpha value is -0.610. The molecule has 0 spiro atoms. The quantitative estimate of drug-likeness (QED) is 0.794. The molecule has 110 valence electrons. The van der Waals surface area contributed by atoms with Gasteiger partial charge >= 0.3 is 5.97 Å². The molecule has 1 aliphatic heterocycles. The second-order valence-corrected chi connectivity index (χ2v) is 6.91. The largest absolute Gasteiger partial charge is 0.469 e. The first-order chi connectivity index (χ1) is 8.87. The molecule has 0 amide bonds. The van der Waals surface area contributed by atoms with Crippen LogP contribution < -0.4 is 0 Å². The standard InChI is InChI=1S/C15H27NO3/c1-14(2,13(17)19-3)11-16-9-8-15(18)7-5-4-6-12(15)10-16/h12,18H,4-11H2,1-3H3. The number of hydrogen-bond donors (Lipinski definition) is 1. The van der Waals surface area contributed by atoms with Crippen LogP contribution in [0.5, 0.6) is 0 Å². The molecule has 1 N–H and O–H groups in total. The zero-order chi connectivity index (χ0) is 14.1. The Morgan fingerprint density at radius 3 is 2.84 bits per heavy atom. The van der Waals surface area contributed by atoms with Gasteiger partial charge in [-0.1, -0.05) is 12.8 Å². The van der Waals surface area contributed by atoms with E-state index < -0.39 is 11.0 Å². The molecule has 2 rings (SSSR count). The first kappa shape index (κ1) is 14.8. The van der Waals surface area contributed by atoms with Gasteiger partial charge in [-0.15, -0.1) is 0 Å².